The fraction of sp³-hybridized carbons (Fsp3) is 0.167. The van der Waals surface area contributed by atoms with Crippen LogP contribution in [0.15, 0.2) is 18.2 Å². The first-order valence-electron chi connectivity index (χ1n) is 4.52. The van der Waals surface area contributed by atoms with Gasteiger partial charge in [-0.2, -0.15) is 0 Å². The van der Waals surface area contributed by atoms with Crippen molar-refractivity contribution in [1.82, 2.24) is 0 Å². The Kier molecular flexibility index (Phi) is 4.10. The van der Waals surface area contributed by atoms with Crippen molar-refractivity contribution in [3.63, 3.8) is 0 Å². The van der Waals surface area contributed by atoms with E-state index in [2.05, 4.69) is 16.6 Å². The molecule has 1 N–H and O–H groups in total. The molecule has 0 atom stereocenters. The highest BCUT2D eigenvalue weighted by molar-refractivity contribution is 5.81. The average molecular weight is 218 g/mol. The smallest absolute Gasteiger partial charge is 0.317 e. The maximum Gasteiger partial charge on any atom is 0.317 e. The lowest BCUT2D eigenvalue weighted by atomic mass is 10.1. The summed E-state index contributed by atoms with van der Waals surface area (Å²) in [6.07, 6.45) is 0.519. The first-order valence-corrected chi connectivity index (χ1v) is 4.52. The molecule has 16 heavy (non-hydrogen) atoms. The Morgan fingerprint density at radius 2 is 2.31 bits per heavy atom. The van der Waals surface area contributed by atoms with Crippen molar-refractivity contribution in [3.05, 3.63) is 29.3 Å². The number of ether oxygens (including phenoxy) is 1. The van der Waals surface area contributed by atoms with Gasteiger partial charge < -0.3 is 9.84 Å². The van der Waals surface area contributed by atoms with Gasteiger partial charge in [0.05, 0.1) is 12.7 Å². The molecule has 0 bridgehead atoms. The molecule has 0 aliphatic rings. The predicted molar refractivity (Wildman–Crippen MR) is 57.0 cm³/mol. The number of benzene rings is 1. The molecular formula is C12H10O4. The van der Waals surface area contributed by atoms with Crippen LogP contribution >= 0.6 is 0 Å². The van der Waals surface area contributed by atoms with Gasteiger partial charge in [0.15, 0.2) is 6.29 Å². The van der Waals surface area contributed by atoms with Crippen molar-refractivity contribution in [2.75, 3.05) is 7.11 Å². The minimum absolute atomic E-state index is 0.0802. The fourth-order valence-corrected chi connectivity index (χ4v) is 1.07. The van der Waals surface area contributed by atoms with Crippen LogP contribution in [0.3, 0.4) is 0 Å². The standard InChI is InChI=1S/C12H10O4/c1-16-12(15)7-3-5-10-9(8-13)4-2-6-11(10)14/h2,4,6,8,14H,7H2,1H3. The van der Waals surface area contributed by atoms with Crippen molar-refractivity contribution in [2.45, 2.75) is 6.42 Å². The summed E-state index contributed by atoms with van der Waals surface area (Å²) in [6.45, 7) is 0. The number of hydrogen-bond acceptors (Lipinski definition) is 4. The molecule has 0 saturated carbocycles. The summed E-state index contributed by atoms with van der Waals surface area (Å²) in [5.41, 5.74) is 0.513. The van der Waals surface area contributed by atoms with Crippen LogP contribution < -0.4 is 0 Å². The van der Waals surface area contributed by atoms with Gasteiger partial charge in [-0.25, -0.2) is 0 Å². The van der Waals surface area contributed by atoms with E-state index in [4.69, 9.17) is 0 Å². The zero-order valence-electron chi connectivity index (χ0n) is 8.69. The fourth-order valence-electron chi connectivity index (χ4n) is 1.07. The molecule has 0 spiro atoms. The Bertz CT molecular complexity index is 466. The SMILES string of the molecule is COC(=O)CC#Cc1c(O)cccc1C=O. The highest BCUT2D eigenvalue weighted by Gasteiger charge is 2.03. The molecule has 1 rings (SSSR count). The molecule has 0 heterocycles. The number of aldehydes is 1. The second-order valence-corrected chi connectivity index (χ2v) is 2.91. The molecule has 4 heteroatoms. The summed E-state index contributed by atoms with van der Waals surface area (Å²) in [5, 5.41) is 9.47. The number of carbonyl (C=O) groups is 2. The Labute approximate surface area is 92.9 Å². The van der Waals surface area contributed by atoms with Crippen molar-refractivity contribution in [1.29, 1.82) is 0 Å². The number of rotatable bonds is 2. The minimum atomic E-state index is -0.462. The Morgan fingerprint density at radius 3 is 2.94 bits per heavy atom. The molecular weight excluding hydrogens is 208 g/mol. The lowest BCUT2D eigenvalue weighted by Crippen LogP contribution is -1.97. The summed E-state index contributed by atoms with van der Waals surface area (Å²) in [7, 11) is 1.26. The number of carbonyl (C=O) groups excluding carboxylic acids is 2. The van der Waals surface area contributed by atoms with E-state index in [9.17, 15) is 14.7 Å². The molecule has 82 valence electrons. The molecule has 4 nitrogen and oxygen atoms in total. The highest BCUT2D eigenvalue weighted by Crippen LogP contribution is 2.18. The van der Waals surface area contributed by atoms with Gasteiger partial charge in [0, 0.05) is 5.56 Å². The van der Waals surface area contributed by atoms with E-state index >= 15 is 0 Å². The molecule has 1 aromatic rings. The van der Waals surface area contributed by atoms with E-state index in [1.165, 1.54) is 19.2 Å². The van der Waals surface area contributed by atoms with Crippen LogP contribution in [0.5, 0.6) is 5.75 Å². The average Bonchev–Trinajstić information content (AvgIpc) is 2.30. The summed E-state index contributed by atoms with van der Waals surface area (Å²) in [6, 6.07) is 4.51. The lowest BCUT2D eigenvalue weighted by molar-refractivity contribution is -0.139. The normalized spacial score (nSPS) is 8.81. The molecule has 0 fully saturated rings. The third kappa shape index (κ3) is 2.85. The van der Waals surface area contributed by atoms with Gasteiger partial charge in [-0.05, 0) is 6.07 Å². The first-order chi connectivity index (χ1) is 7.69. The second-order valence-electron chi connectivity index (χ2n) is 2.91. The molecule has 0 radical (unpaired) electrons. The third-order valence-corrected chi connectivity index (χ3v) is 1.88. The number of aromatic hydroxyl groups is 1. The Morgan fingerprint density at radius 1 is 1.56 bits per heavy atom. The number of phenolic OH excluding ortho intramolecular Hbond substituents is 1. The van der Waals surface area contributed by atoms with Crippen molar-refractivity contribution in [2.24, 2.45) is 0 Å². The minimum Gasteiger partial charge on any atom is -0.507 e. The van der Waals surface area contributed by atoms with Crippen LogP contribution in [-0.2, 0) is 9.53 Å². The monoisotopic (exact) mass is 218 g/mol. The van der Waals surface area contributed by atoms with Crippen LogP contribution in [0.4, 0.5) is 0 Å². The summed E-state index contributed by atoms with van der Waals surface area (Å²) in [5.74, 6) is 4.55. The quantitative estimate of drug-likeness (QED) is 0.459. The number of methoxy groups -OCH3 is 1. The van der Waals surface area contributed by atoms with Gasteiger partial charge in [0.1, 0.15) is 12.2 Å². The van der Waals surface area contributed by atoms with E-state index in [1.54, 1.807) is 6.07 Å². The van der Waals surface area contributed by atoms with Gasteiger partial charge in [-0.3, -0.25) is 9.59 Å². The molecule has 0 unspecified atom stereocenters. The van der Waals surface area contributed by atoms with Gasteiger partial charge in [-0.1, -0.05) is 24.0 Å². The summed E-state index contributed by atoms with van der Waals surface area (Å²) >= 11 is 0. The van der Waals surface area contributed by atoms with Crippen molar-refractivity contribution < 1.29 is 19.4 Å². The van der Waals surface area contributed by atoms with Gasteiger partial charge in [0.25, 0.3) is 0 Å². The first kappa shape index (κ1) is 11.8. The third-order valence-electron chi connectivity index (χ3n) is 1.88. The maximum atomic E-state index is 10.8. The molecule has 0 saturated heterocycles. The molecule has 0 aliphatic carbocycles. The van der Waals surface area contributed by atoms with Gasteiger partial charge in [0.2, 0.25) is 0 Å². The summed E-state index contributed by atoms with van der Waals surface area (Å²) in [4.78, 5) is 21.4. The van der Waals surface area contributed by atoms with Crippen molar-refractivity contribution in [3.8, 4) is 17.6 Å². The van der Waals surface area contributed by atoms with Crippen LogP contribution in [0, 0.1) is 11.8 Å². The van der Waals surface area contributed by atoms with Crippen LogP contribution in [0.1, 0.15) is 22.3 Å². The topological polar surface area (TPSA) is 63.6 Å². The highest BCUT2D eigenvalue weighted by atomic mass is 16.5. The zero-order valence-corrected chi connectivity index (χ0v) is 8.69. The van der Waals surface area contributed by atoms with E-state index in [1.807, 2.05) is 0 Å². The maximum absolute atomic E-state index is 10.8. The molecule has 0 aliphatic heterocycles. The number of phenols is 1. The summed E-state index contributed by atoms with van der Waals surface area (Å²) < 4.78 is 4.40. The molecule has 0 aromatic heterocycles. The van der Waals surface area contributed by atoms with Crippen molar-refractivity contribution >= 4 is 12.3 Å². The van der Waals surface area contributed by atoms with E-state index in [0.717, 1.165) is 0 Å². The Balaban J connectivity index is 2.95. The zero-order chi connectivity index (χ0) is 12.0. The largest absolute Gasteiger partial charge is 0.507 e. The lowest BCUT2D eigenvalue weighted by Gasteiger charge is -1.98. The van der Waals surface area contributed by atoms with E-state index in [0.29, 0.717) is 6.29 Å². The Hall–Kier alpha value is -2.28. The van der Waals surface area contributed by atoms with E-state index < -0.39 is 5.97 Å². The van der Waals surface area contributed by atoms with Crippen LogP contribution in [0.2, 0.25) is 0 Å². The van der Waals surface area contributed by atoms with Gasteiger partial charge in [-0.15, -0.1) is 0 Å². The molecule has 0 amide bonds. The van der Waals surface area contributed by atoms with Gasteiger partial charge >= 0.3 is 5.97 Å². The van der Waals surface area contributed by atoms with Crippen LogP contribution in [-0.4, -0.2) is 24.5 Å². The van der Waals surface area contributed by atoms with Crippen LogP contribution in [0.25, 0.3) is 0 Å². The number of esters is 1. The van der Waals surface area contributed by atoms with E-state index in [-0.39, 0.29) is 23.3 Å². The second kappa shape index (κ2) is 5.56. The predicted octanol–water partition coefficient (Wildman–Crippen LogP) is 1.12. The molecule has 1 aromatic carbocycles. The number of hydrogen-bond donors (Lipinski definition) is 1.